The smallest absolute Gasteiger partial charge is 0.251 e. The molecule has 2 rings (SSSR count). The second kappa shape index (κ2) is 3.42. The van der Waals surface area contributed by atoms with Crippen molar-refractivity contribution in [3.05, 3.63) is 39.7 Å². The molecule has 15 heavy (non-hydrogen) atoms. The molecular weight excluding hydrogens is 190 g/mol. The standard InChI is InChI=1S/C12H13NO2/c1-7-8(2)12(14)13-11-6-9(15-3)4-5-10(7)11/h4-6H,1-3H3,(H,13,14). The van der Waals surface area contributed by atoms with Crippen LogP contribution in [-0.2, 0) is 0 Å². The number of aryl methyl sites for hydroxylation is 1. The maximum Gasteiger partial charge on any atom is 0.251 e. The van der Waals surface area contributed by atoms with Crippen LogP contribution in [0.3, 0.4) is 0 Å². The Kier molecular flexibility index (Phi) is 2.23. The monoisotopic (exact) mass is 203 g/mol. The Hall–Kier alpha value is -1.77. The molecule has 78 valence electrons. The highest BCUT2D eigenvalue weighted by Crippen LogP contribution is 2.21. The van der Waals surface area contributed by atoms with E-state index in [1.54, 1.807) is 7.11 Å². The molecular formula is C12H13NO2. The van der Waals surface area contributed by atoms with Gasteiger partial charge in [-0.15, -0.1) is 0 Å². The lowest BCUT2D eigenvalue weighted by molar-refractivity contribution is 0.415. The third-order valence-electron chi connectivity index (χ3n) is 2.78. The first-order valence-electron chi connectivity index (χ1n) is 4.80. The topological polar surface area (TPSA) is 42.1 Å². The first-order chi connectivity index (χ1) is 7.13. The summed E-state index contributed by atoms with van der Waals surface area (Å²) >= 11 is 0. The van der Waals surface area contributed by atoms with E-state index in [1.807, 2.05) is 32.0 Å². The van der Waals surface area contributed by atoms with Gasteiger partial charge in [0, 0.05) is 17.0 Å². The van der Waals surface area contributed by atoms with Gasteiger partial charge in [0.15, 0.2) is 0 Å². The third-order valence-corrected chi connectivity index (χ3v) is 2.78. The van der Waals surface area contributed by atoms with Gasteiger partial charge in [-0.2, -0.15) is 0 Å². The molecule has 3 nitrogen and oxygen atoms in total. The summed E-state index contributed by atoms with van der Waals surface area (Å²) in [6, 6.07) is 5.70. The SMILES string of the molecule is COc1ccc2c(C)c(C)c(=O)[nH]c2c1. The van der Waals surface area contributed by atoms with E-state index >= 15 is 0 Å². The molecule has 0 aliphatic rings. The number of aromatic amines is 1. The minimum Gasteiger partial charge on any atom is -0.497 e. The Labute approximate surface area is 87.7 Å². The lowest BCUT2D eigenvalue weighted by Crippen LogP contribution is -2.11. The van der Waals surface area contributed by atoms with Gasteiger partial charge in [-0.3, -0.25) is 4.79 Å². The summed E-state index contributed by atoms with van der Waals surface area (Å²) in [5, 5.41) is 1.06. The van der Waals surface area contributed by atoms with Crippen molar-refractivity contribution >= 4 is 10.9 Å². The highest BCUT2D eigenvalue weighted by molar-refractivity contribution is 5.83. The molecule has 0 atom stereocenters. The number of benzene rings is 1. The lowest BCUT2D eigenvalue weighted by atomic mass is 10.1. The van der Waals surface area contributed by atoms with Crippen LogP contribution >= 0.6 is 0 Å². The summed E-state index contributed by atoms with van der Waals surface area (Å²) in [5.74, 6) is 0.751. The number of methoxy groups -OCH3 is 1. The number of hydrogen-bond donors (Lipinski definition) is 1. The van der Waals surface area contributed by atoms with Crippen LogP contribution in [0.2, 0.25) is 0 Å². The summed E-state index contributed by atoms with van der Waals surface area (Å²) in [4.78, 5) is 14.4. The molecule has 0 radical (unpaired) electrons. The van der Waals surface area contributed by atoms with E-state index in [9.17, 15) is 4.79 Å². The minimum absolute atomic E-state index is 0.0340. The molecule has 0 aliphatic heterocycles. The summed E-state index contributed by atoms with van der Waals surface area (Å²) in [6.07, 6.45) is 0. The normalized spacial score (nSPS) is 10.6. The number of rotatable bonds is 1. The maximum absolute atomic E-state index is 11.6. The van der Waals surface area contributed by atoms with E-state index in [1.165, 1.54) is 0 Å². The van der Waals surface area contributed by atoms with Gasteiger partial charge >= 0.3 is 0 Å². The van der Waals surface area contributed by atoms with Crippen LogP contribution < -0.4 is 10.3 Å². The van der Waals surface area contributed by atoms with Crippen LogP contribution in [0.15, 0.2) is 23.0 Å². The molecule has 1 heterocycles. The molecule has 2 aromatic rings. The highest BCUT2D eigenvalue weighted by atomic mass is 16.5. The Morgan fingerprint density at radius 3 is 2.60 bits per heavy atom. The van der Waals surface area contributed by atoms with Gasteiger partial charge in [-0.05, 0) is 31.5 Å². The zero-order chi connectivity index (χ0) is 11.0. The van der Waals surface area contributed by atoms with Crippen molar-refractivity contribution in [3.8, 4) is 5.75 Å². The average molecular weight is 203 g/mol. The lowest BCUT2D eigenvalue weighted by Gasteiger charge is -2.06. The second-order valence-corrected chi connectivity index (χ2v) is 3.62. The Morgan fingerprint density at radius 1 is 1.20 bits per heavy atom. The number of fused-ring (bicyclic) bond motifs is 1. The van der Waals surface area contributed by atoms with Crippen LogP contribution in [0.25, 0.3) is 10.9 Å². The average Bonchev–Trinajstić information content (AvgIpc) is 2.25. The number of pyridine rings is 1. The van der Waals surface area contributed by atoms with Crippen molar-refractivity contribution in [2.75, 3.05) is 7.11 Å². The van der Waals surface area contributed by atoms with Crippen molar-refractivity contribution in [1.82, 2.24) is 4.98 Å². The fourth-order valence-electron chi connectivity index (χ4n) is 1.67. The molecule has 0 saturated heterocycles. The van der Waals surface area contributed by atoms with Crippen molar-refractivity contribution in [2.24, 2.45) is 0 Å². The van der Waals surface area contributed by atoms with Gasteiger partial charge in [-0.25, -0.2) is 0 Å². The summed E-state index contributed by atoms with van der Waals surface area (Å²) in [7, 11) is 1.61. The molecule has 1 aromatic heterocycles. The van der Waals surface area contributed by atoms with Gasteiger partial charge in [0.2, 0.25) is 0 Å². The van der Waals surface area contributed by atoms with Crippen LogP contribution in [0, 0.1) is 13.8 Å². The summed E-state index contributed by atoms with van der Waals surface area (Å²) < 4.78 is 5.11. The van der Waals surface area contributed by atoms with Crippen LogP contribution in [-0.4, -0.2) is 12.1 Å². The van der Waals surface area contributed by atoms with Crippen LogP contribution in [0.4, 0.5) is 0 Å². The Morgan fingerprint density at radius 2 is 1.93 bits per heavy atom. The van der Waals surface area contributed by atoms with Crippen LogP contribution in [0.5, 0.6) is 5.75 Å². The number of nitrogens with one attached hydrogen (secondary N) is 1. The fourth-order valence-corrected chi connectivity index (χ4v) is 1.67. The van der Waals surface area contributed by atoms with E-state index in [0.29, 0.717) is 0 Å². The molecule has 0 unspecified atom stereocenters. The quantitative estimate of drug-likeness (QED) is 0.771. The van der Waals surface area contributed by atoms with Gasteiger partial charge in [0.25, 0.3) is 5.56 Å². The van der Waals surface area contributed by atoms with Crippen LogP contribution in [0.1, 0.15) is 11.1 Å². The Bertz CT molecular complexity index is 570. The number of aromatic nitrogens is 1. The summed E-state index contributed by atoms with van der Waals surface area (Å²) in [5.41, 5.74) is 2.58. The number of H-pyrrole nitrogens is 1. The van der Waals surface area contributed by atoms with E-state index < -0.39 is 0 Å². The molecule has 0 saturated carbocycles. The van der Waals surface area contributed by atoms with Gasteiger partial charge in [-0.1, -0.05) is 0 Å². The second-order valence-electron chi connectivity index (χ2n) is 3.62. The maximum atomic E-state index is 11.6. The molecule has 1 N–H and O–H groups in total. The molecule has 0 aliphatic carbocycles. The zero-order valence-electron chi connectivity index (χ0n) is 9.05. The van der Waals surface area contributed by atoms with E-state index in [0.717, 1.165) is 27.8 Å². The van der Waals surface area contributed by atoms with Crippen molar-refractivity contribution in [3.63, 3.8) is 0 Å². The van der Waals surface area contributed by atoms with Gasteiger partial charge < -0.3 is 9.72 Å². The van der Waals surface area contributed by atoms with Crippen molar-refractivity contribution < 1.29 is 4.74 Å². The van der Waals surface area contributed by atoms with E-state index in [4.69, 9.17) is 4.74 Å². The third kappa shape index (κ3) is 1.50. The predicted octanol–water partition coefficient (Wildman–Crippen LogP) is 2.15. The molecule has 1 aromatic carbocycles. The van der Waals surface area contributed by atoms with E-state index in [-0.39, 0.29) is 5.56 Å². The molecule has 3 heteroatoms. The largest absolute Gasteiger partial charge is 0.497 e. The Balaban J connectivity index is 2.86. The minimum atomic E-state index is -0.0340. The van der Waals surface area contributed by atoms with E-state index in [2.05, 4.69) is 4.98 Å². The first-order valence-corrected chi connectivity index (χ1v) is 4.80. The van der Waals surface area contributed by atoms with Crippen molar-refractivity contribution in [1.29, 1.82) is 0 Å². The fraction of sp³-hybridized carbons (Fsp3) is 0.250. The van der Waals surface area contributed by atoms with Crippen molar-refractivity contribution in [2.45, 2.75) is 13.8 Å². The first kappa shape index (κ1) is 9.77. The zero-order valence-corrected chi connectivity index (χ0v) is 9.05. The number of hydrogen-bond acceptors (Lipinski definition) is 2. The van der Waals surface area contributed by atoms with Gasteiger partial charge in [0.05, 0.1) is 12.6 Å². The molecule has 0 spiro atoms. The molecule has 0 amide bonds. The predicted molar refractivity (Wildman–Crippen MR) is 60.6 cm³/mol. The molecule has 0 bridgehead atoms. The van der Waals surface area contributed by atoms with Gasteiger partial charge in [0.1, 0.15) is 5.75 Å². The number of ether oxygens (including phenoxy) is 1. The highest BCUT2D eigenvalue weighted by Gasteiger charge is 2.05. The summed E-state index contributed by atoms with van der Waals surface area (Å²) in [6.45, 7) is 3.79. The molecule has 0 fully saturated rings.